The Bertz CT molecular complexity index is 794. The quantitative estimate of drug-likeness (QED) is 0.459. The van der Waals surface area contributed by atoms with Gasteiger partial charge in [-0.1, -0.05) is 11.8 Å². The zero-order chi connectivity index (χ0) is 19.8. The van der Waals surface area contributed by atoms with Crippen molar-refractivity contribution < 1.29 is 14.3 Å². The fourth-order valence-corrected chi connectivity index (χ4v) is 3.29. The highest BCUT2D eigenvalue weighted by Gasteiger charge is 2.24. The standard InChI is InChI=1S/C18H24N6O3S/c1-2-27-11-3-10-24-16(13-6-8-19-9-7-13)22-23-18(24)28-12-15(25)21-17(26)20-14-4-5-14/h6-9,14H,2-5,10-12H2,1H3,(H2,20,21,25,26). The van der Waals surface area contributed by atoms with Crippen molar-refractivity contribution in [1.82, 2.24) is 30.4 Å². The molecule has 3 amide bonds. The van der Waals surface area contributed by atoms with Crippen molar-refractivity contribution in [2.75, 3.05) is 19.0 Å². The Kier molecular flexibility index (Phi) is 7.38. The lowest BCUT2D eigenvalue weighted by Crippen LogP contribution is -2.41. The van der Waals surface area contributed by atoms with E-state index in [1.807, 2.05) is 23.6 Å². The molecule has 0 saturated heterocycles. The summed E-state index contributed by atoms with van der Waals surface area (Å²) in [6.07, 6.45) is 6.14. The number of ether oxygens (including phenoxy) is 1. The van der Waals surface area contributed by atoms with Crippen LogP contribution in [-0.2, 0) is 16.1 Å². The summed E-state index contributed by atoms with van der Waals surface area (Å²) >= 11 is 1.25. The Morgan fingerprint density at radius 2 is 2.07 bits per heavy atom. The van der Waals surface area contributed by atoms with Crippen molar-refractivity contribution in [1.29, 1.82) is 0 Å². The van der Waals surface area contributed by atoms with Crippen molar-refractivity contribution >= 4 is 23.7 Å². The number of carbonyl (C=O) groups is 2. The predicted molar refractivity (Wildman–Crippen MR) is 105 cm³/mol. The van der Waals surface area contributed by atoms with Crippen LogP contribution in [0.4, 0.5) is 4.79 Å². The monoisotopic (exact) mass is 404 g/mol. The van der Waals surface area contributed by atoms with Gasteiger partial charge in [-0.05, 0) is 38.3 Å². The number of imide groups is 1. The topological polar surface area (TPSA) is 111 Å². The Balaban J connectivity index is 1.62. The molecule has 150 valence electrons. The third kappa shape index (κ3) is 6.03. The van der Waals surface area contributed by atoms with Crippen LogP contribution in [0.15, 0.2) is 29.7 Å². The summed E-state index contributed by atoms with van der Waals surface area (Å²) in [7, 11) is 0. The first-order valence-corrected chi connectivity index (χ1v) is 10.3. The number of urea groups is 1. The van der Waals surface area contributed by atoms with Crippen LogP contribution in [0, 0.1) is 0 Å². The molecule has 2 N–H and O–H groups in total. The molecular formula is C18H24N6O3S. The van der Waals surface area contributed by atoms with E-state index in [1.54, 1.807) is 12.4 Å². The van der Waals surface area contributed by atoms with Crippen LogP contribution < -0.4 is 10.6 Å². The Morgan fingerprint density at radius 1 is 1.29 bits per heavy atom. The molecule has 1 saturated carbocycles. The van der Waals surface area contributed by atoms with Gasteiger partial charge in [-0.2, -0.15) is 0 Å². The molecule has 0 unspecified atom stereocenters. The lowest BCUT2D eigenvalue weighted by Gasteiger charge is -2.10. The van der Waals surface area contributed by atoms with Crippen molar-refractivity contribution in [3.8, 4) is 11.4 Å². The number of nitrogens with one attached hydrogen (secondary N) is 2. The molecule has 2 aromatic heterocycles. The Morgan fingerprint density at radius 3 is 2.79 bits per heavy atom. The maximum Gasteiger partial charge on any atom is 0.321 e. The van der Waals surface area contributed by atoms with Crippen molar-refractivity contribution in [3.05, 3.63) is 24.5 Å². The van der Waals surface area contributed by atoms with E-state index in [4.69, 9.17) is 4.74 Å². The Labute approximate surface area is 167 Å². The van der Waals surface area contributed by atoms with Gasteiger partial charge in [0.05, 0.1) is 5.75 Å². The van der Waals surface area contributed by atoms with E-state index in [9.17, 15) is 9.59 Å². The molecule has 0 atom stereocenters. The summed E-state index contributed by atoms with van der Waals surface area (Å²) in [6, 6.07) is 3.50. The largest absolute Gasteiger partial charge is 0.382 e. The zero-order valence-electron chi connectivity index (χ0n) is 15.8. The lowest BCUT2D eigenvalue weighted by atomic mass is 10.2. The number of amides is 3. The highest BCUT2D eigenvalue weighted by atomic mass is 32.2. The van der Waals surface area contributed by atoms with Gasteiger partial charge in [-0.15, -0.1) is 10.2 Å². The third-order valence-electron chi connectivity index (χ3n) is 4.03. The second-order valence-corrected chi connectivity index (χ2v) is 7.27. The van der Waals surface area contributed by atoms with E-state index in [2.05, 4.69) is 25.8 Å². The summed E-state index contributed by atoms with van der Waals surface area (Å²) in [4.78, 5) is 27.7. The highest BCUT2D eigenvalue weighted by Crippen LogP contribution is 2.24. The maximum atomic E-state index is 12.0. The van der Waals surface area contributed by atoms with E-state index in [0.29, 0.717) is 30.7 Å². The molecule has 0 aliphatic heterocycles. The van der Waals surface area contributed by atoms with E-state index in [-0.39, 0.29) is 17.7 Å². The molecule has 2 aromatic rings. The molecule has 0 bridgehead atoms. The first-order chi connectivity index (χ1) is 13.7. The fourth-order valence-electron chi connectivity index (χ4n) is 2.52. The molecule has 1 fully saturated rings. The van der Waals surface area contributed by atoms with Gasteiger partial charge in [-0.25, -0.2) is 4.79 Å². The average Bonchev–Trinajstić information content (AvgIpc) is 3.41. The minimum Gasteiger partial charge on any atom is -0.382 e. The molecule has 10 heteroatoms. The summed E-state index contributed by atoms with van der Waals surface area (Å²) in [6.45, 7) is 3.93. The van der Waals surface area contributed by atoms with Crippen LogP contribution in [0.1, 0.15) is 26.2 Å². The number of rotatable bonds is 10. The van der Waals surface area contributed by atoms with Gasteiger partial charge < -0.3 is 14.6 Å². The van der Waals surface area contributed by atoms with Gasteiger partial charge in [0.25, 0.3) is 0 Å². The summed E-state index contributed by atoms with van der Waals surface area (Å²) < 4.78 is 7.39. The van der Waals surface area contributed by atoms with E-state index < -0.39 is 6.03 Å². The second-order valence-electron chi connectivity index (χ2n) is 6.33. The first-order valence-electron chi connectivity index (χ1n) is 9.32. The molecule has 1 aliphatic carbocycles. The van der Waals surface area contributed by atoms with E-state index in [0.717, 1.165) is 24.8 Å². The Hall–Kier alpha value is -2.46. The highest BCUT2D eigenvalue weighted by molar-refractivity contribution is 7.99. The molecular weight excluding hydrogens is 380 g/mol. The lowest BCUT2D eigenvalue weighted by molar-refractivity contribution is -0.117. The normalized spacial score (nSPS) is 13.3. The van der Waals surface area contributed by atoms with Gasteiger partial charge in [-0.3, -0.25) is 15.1 Å². The third-order valence-corrected chi connectivity index (χ3v) is 4.99. The van der Waals surface area contributed by atoms with Crippen LogP contribution >= 0.6 is 11.8 Å². The van der Waals surface area contributed by atoms with Crippen LogP contribution in [0.5, 0.6) is 0 Å². The average molecular weight is 404 g/mol. The smallest absolute Gasteiger partial charge is 0.321 e. The number of hydrogen-bond acceptors (Lipinski definition) is 7. The van der Waals surface area contributed by atoms with Gasteiger partial charge in [0, 0.05) is 43.8 Å². The van der Waals surface area contributed by atoms with Gasteiger partial charge in [0.15, 0.2) is 11.0 Å². The van der Waals surface area contributed by atoms with Crippen molar-refractivity contribution in [2.24, 2.45) is 0 Å². The minimum absolute atomic E-state index is 0.0814. The van der Waals surface area contributed by atoms with Gasteiger partial charge >= 0.3 is 6.03 Å². The molecule has 28 heavy (non-hydrogen) atoms. The van der Waals surface area contributed by atoms with Crippen LogP contribution in [-0.4, -0.2) is 56.7 Å². The molecule has 3 rings (SSSR count). The van der Waals surface area contributed by atoms with Crippen molar-refractivity contribution in [2.45, 2.75) is 43.9 Å². The van der Waals surface area contributed by atoms with Crippen LogP contribution in [0.2, 0.25) is 0 Å². The molecule has 2 heterocycles. The zero-order valence-corrected chi connectivity index (χ0v) is 16.6. The number of hydrogen-bond donors (Lipinski definition) is 2. The van der Waals surface area contributed by atoms with E-state index >= 15 is 0 Å². The number of thioether (sulfide) groups is 1. The molecule has 9 nitrogen and oxygen atoms in total. The number of carbonyl (C=O) groups excluding carboxylic acids is 2. The molecule has 0 aromatic carbocycles. The molecule has 0 radical (unpaired) electrons. The molecule has 0 spiro atoms. The van der Waals surface area contributed by atoms with Crippen molar-refractivity contribution in [3.63, 3.8) is 0 Å². The molecule has 1 aliphatic rings. The summed E-state index contributed by atoms with van der Waals surface area (Å²) in [5.74, 6) is 0.434. The minimum atomic E-state index is -0.441. The summed E-state index contributed by atoms with van der Waals surface area (Å²) in [5, 5.41) is 14.2. The number of aromatic nitrogens is 4. The first kappa shape index (κ1) is 20.3. The SMILES string of the molecule is CCOCCCn1c(SCC(=O)NC(=O)NC2CC2)nnc1-c1ccncc1. The second kappa shape index (κ2) is 10.2. The van der Waals surface area contributed by atoms with Gasteiger partial charge in [0.1, 0.15) is 0 Å². The van der Waals surface area contributed by atoms with Gasteiger partial charge in [0.2, 0.25) is 5.91 Å². The van der Waals surface area contributed by atoms with E-state index in [1.165, 1.54) is 11.8 Å². The summed E-state index contributed by atoms with van der Waals surface area (Å²) in [5.41, 5.74) is 0.902. The number of pyridine rings is 1. The maximum absolute atomic E-state index is 12.0. The fraction of sp³-hybridized carbons (Fsp3) is 0.500. The van der Waals surface area contributed by atoms with Crippen LogP contribution in [0.25, 0.3) is 11.4 Å². The predicted octanol–water partition coefficient (Wildman–Crippen LogP) is 1.85. The van der Waals surface area contributed by atoms with Crippen LogP contribution in [0.3, 0.4) is 0 Å². The number of nitrogens with zero attached hydrogens (tertiary/aromatic N) is 4.